The van der Waals surface area contributed by atoms with Crippen LogP contribution in [0.4, 0.5) is 4.79 Å². The molecule has 3 rings (SSSR count). The fraction of sp³-hybridized carbons (Fsp3) is 0.429. The normalized spacial score (nSPS) is 20.1. The van der Waals surface area contributed by atoms with Crippen LogP contribution in [0, 0.1) is 12.8 Å². The zero-order valence-corrected chi connectivity index (χ0v) is 12.9. The van der Waals surface area contributed by atoms with Gasteiger partial charge in [-0.25, -0.2) is 18.1 Å². The average molecular weight is 324 g/mol. The Bertz CT molecular complexity index is 691. The van der Waals surface area contributed by atoms with Crippen LogP contribution in [0.2, 0.25) is 0 Å². The van der Waals surface area contributed by atoms with Gasteiger partial charge in [-0.05, 0) is 19.1 Å². The van der Waals surface area contributed by atoms with Crippen LogP contribution in [0.3, 0.4) is 0 Å². The van der Waals surface area contributed by atoms with E-state index < -0.39 is 16.1 Å². The van der Waals surface area contributed by atoms with Crippen molar-refractivity contribution >= 4 is 22.0 Å². The van der Waals surface area contributed by atoms with Crippen LogP contribution >= 0.6 is 0 Å². The summed E-state index contributed by atoms with van der Waals surface area (Å²) in [4.78, 5) is 24.1. The van der Waals surface area contributed by atoms with Gasteiger partial charge in [0.2, 0.25) is 10.0 Å². The fourth-order valence-electron chi connectivity index (χ4n) is 2.51. The summed E-state index contributed by atoms with van der Waals surface area (Å²) >= 11 is 0. The third-order valence-electron chi connectivity index (χ3n) is 3.86. The van der Waals surface area contributed by atoms with Crippen LogP contribution < -0.4 is 0 Å². The molecule has 2 amide bonds. The van der Waals surface area contributed by atoms with Gasteiger partial charge in [-0.15, -0.1) is 0 Å². The number of hydrogen-bond donors (Lipinski definition) is 0. The number of cyclic esters (lactones) is 1. The second kappa shape index (κ2) is 5.36. The Morgan fingerprint density at radius 2 is 1.82 bits per heavy atom. The SMILES string of the molecule is Cc1ccc(S(=O)(=O)N2CC(CN3C(=O)COC3=O)C2)cc1. The minimum Gasteiger partial charge on any atom is -0.439 e. The molecule has 2 heterocycles. The second-order valence-corrected chi connectivity index (χ2v) is 7.50. The summed E-state index contributed by atoms with van der Waals surface area (Å²) in [7, 11) is -3.50. The van der Waals surface area contributed by atoms with E-state index in [-0.39, 0.29) is 29.9 Å². The molecule has 0 aliphatic carbocycles. The Hall–Kier alpha value is -1.93. The van der Waals surface area contributed by atoms with Crippen molar-refractivity contribution in [2.45, 2.75) is 11.8 Å². The molecule has 8 heteroatoms. The van der Waals surface area contributed by atoms with Crippen molar-refractivity contribution < 1.29 is 22.7 Å². The number of carbonyl (C=O) groups is 2. The van der Waals surface area contributed by atoms with Gasteiger partial charge in [0.1, 0.15) is 0 Å². The molecular weight excluding hydrogens is 308 g/mol. The number of sulfonamides is 1. The van der Waals surface area contributed by atoms with Crippen molar-refractivity contribution in [1.82, 2.24) is 9.21 Å². The highest BCUT2D eigenvalue weighted by Gasteiger charge is 2.41. The lowest BCUT2D eigenvalue weighted by molar-refractivity contribution is -0.126. The summed E-state index contributed by atoms with van der Waals surface area (Å²) in [6.07, 6.45) is -0.648. The molecule has 0 saturated carbocycles. The minimum absolute atomic E-state index is 0.0465. The summed E-state index contributed by atoms with van der Waals surface area (Å²) in [5.41, 5.74) is 0.992. The van der Waals surface area contributed by atoms with Crippen molar-refractivity contribution in [3.63, 3.8) is 0 Å². The Kier molecular flexibility index (Phi) is 3.65. The number of hydrogen-bond acceptors (Lipinski definition) is 5. The number of imide groups is 1. The molecule has 0 spiro atoms. The van der Waals surface area contributed by atoms with Crippen LogP contribution in [0.5, 0.6) is 0 Å². The average Bonchev–Trinajstić information content (AvgIpc) is 2.73. The number of aryl methyl sites for hydroxylation is 1. The maximum absolute atomic E-state index is 12.4. The monoisotopic (exact) mass is 324 g/mol. The lowest BCUT2D eigenvalue weighted by Gasteiger charge is -2.39. The Morgan fingerprint density at radius 1 is 1.18 bits per heavy atom. The van der Waals surface area contributed by atoms with E-state index in [4.69, 9.17) is 0 Å². The number of benzene rings is 1. The molecule has 2 aliphatic rings. The Balaban J connectivity index is 1.62. The first kappa shape index (κ1) is 15.0. The van der Waals surface area contributed by atoms with Crippen LogP contribution in [-0.2, 0) is 19.6 Å². The molecule has 0 atom stereocenters. The molecule has 2 saturated heterocycles. The smallest absolute Gasteiger partial charge is 0.417 e. The molecule has 0 aromatic heterocycles. The van der Waals surface area contributed by atoms with Gasteiger partial charge in [-0.1, -0.05) is 17.7 Å². The highest BCUT2D eigenvalue weighted by molar-refractivity contribution is 7.89. The van der Waals surface area contributed by atoms with Crippen molar-refractivity contribution in [2.75, 3.05) is 26.2 Å². The van der Waals surface area contributed by atoms with E-state index in [2.05, 4.69) is 4.74 Å². The van der Waals surface area contributed by atoms with Crippen LogP contribution in [0.15, 0.2) is 29.2 Å². The van der Waals surface area contributed by atoms with E-state index in [1.807, 2.05) is 6.92 Å². The number of rotatable bonds is 4. The zero-order chi connectivity index (χ0) is 15.9. The van der Waals surface area contributed by atoms with Crippen molar-refractivity contribution in [1.29, 1.82) is 0 Å². The van der Waals surface area contributed by atoms with Crippen LogP contribution in [0.25, 0.3) is 0 Å². The molecule has 1 aromatic rings. The van der Waals surface area contributed by atoms with Gasteiger partial charge in [0.15, 0.2) is 6.61 Å². The summed E-state index contributed by atoms with van der Waals surface area (Å²) in [5.74, 6) is -0.417. The molecule has 2 fully saturated rings. The van der Waals surface area contributed by atoms with Gasteiger partial charge in [-0.2, -0.15) is 4.31 Å². The quantitative estimate of drug-likeness (QED) is 0.809. The van der Waals surface area contributed by atoms with E-state index in [9.17, 15) is 18.0 Å². The number of ether oxygens (including phenoxy) is 1. The molecule has 118 valence electrons. The van der Waals surface area contributed by atoms with E-state index in [0.29, 0.717) is 13.1 Å². The summed E-state index contributed by atoms with van der Waals surface area (Å²) in [6, 6.07) is 6.67. The lowest BCUT2D eigenvalue weighted by Crippen LogP contribution is -2.54. The predicted molar refractivity (Wildman–Crippen MR) is 76.5 cm³/mol. The van der Waals surface area contributed by atoms with Crippen LogP contribution in [0.1, 0.15) is 5.56 Å². The Morgan fingerprint density at radius 3 is 2.36 bits per heavy atom. The van der Waals surface area contributed by atoms with Gasteiger partial charge in [0, 0.05) is 25.6 Å². The molecule has 0 unspecified atom stereocenters. The van der Waals surface area contributed by atoms with Crippen LogP contribution in [-0.4, -0.2) is 55.9 Å². The highest BCUT2D eigenvalue weighted by Crippen LogP contribution is 2.26. The van der Waals surface area contributed by atoms with Gasteiger partial charge < -0.3 is 4.74 Å². The van der Waals surface area contributed by atoms with Gasteiger partial charge >= 0.3 is 6.09 Å². The standard InChI is InChI=1S/C14H16N2O5S/c1-10-2-4-12(5-3-10)22(19,20)15-6-11(7-15)8-16-13(17)9-21-14(16)18/h2-5,11H,6-9H2,1H3. The van der Waals surface area contributed by atoms with Gasteiger partial charge in [0.25, 0.3) is 5.91 Å². The van der Waals surface area contributed by atoms with Crippen molar-refractivity contribution in [3.8, 4) is 0 Å². The topological polar surface area (TPSA) is 84.0 Å². The predicted octanol–water partition coefficient (Wildman–Crippen LogP) is 0.594. The first-order valence-electron chi connectivity index (χ1n) is 6.92. The first-order chi connectivity index (χ1) is 10.4. The van der Waals surface area contributed by atoms with E-state index in [0.717, 1.165) is 10.5 Å². The second-order valence-electron chi connectivity index (χ2n) is 5.56. The Labute approximate surface area is 128 Å². The fourth-order valence-corrected chi connectivity index (χ4v) is 4.10. The molecular formula is C14H16N2O5S. The van der Waals surface area contributed by atoms with Crippen molar-refractivity contribution in [2.24, 2.45) is 5.92 Å². The molecule has 1 aromatic carbocycles. The van der Waals surface area contributed by atoms with E-state index in [1.165, 1.54) is 4.31 Å². The maximum Gasteiger partial charge on any atom is 0.417 e. The van der Waals surface area contributed by atoms with E-state index >= 15 is 0 Å². The number of nitrogens with zero attached hydrogens (tertiary/aromatic N) is 2. The minimum atomic E-state index is -3.50. The lowest BCUT2D eigenvalue weighted by atomic mass is 10.0. The molecule has 0 radical (unpaired) electrons. The molecule has 7 nitrogen and oxygen atoms in total. The zero-order valence-electron chi connectivity index (χ0n) is 12.1. The van der Waals surface area contributed by atoms with Gasteiger partial charge in [-0.3, -0.25) is 4.79 Å². The molecule has 0 bridgehead atoms. The third-order valence-corrected chi connectivity index (χ3v) is 5.71. The first-order valence-corrected chi connectivity index (χ1v) is 8.36. The molecule has 2 aliphatic heterocycles. The molecule has 22 heavy (non-hydrogen) atoms. The van der Waals surface area contributed by atoms with E-state index in [1.54, 1.807) is 24.3 Å². The highest BCUT2D eigenvalue weighted by atomic mass is 32.2. The maximum atomic E-state index is 12.4. The summed E-state index contributed by atoms with van der Waals surface area (Å²) in [5, 5.41) is 0. The number of carbonyl (C=O) groups excluding carboxylic acids is 2. The molecule has 0 N–H and O–H groups in total. The summed E-state index contributed by atoms with van der Waals surface area (Å²) < 4.78 is 30.8. The van der Waals surface area contributed by atoms with Crippen molar-refractivity contribution in [3.05, 3.63) is 29.8 Å². The van der Waals surface area contributed by atoms with Gasteiger partial charge in [0.05, 0.1) is 4.90 Å². The summed E-state index contributed by atoms with van der Waals surface area (Å²) in [6.45, 7) is 2.47. The third kappa shape index (κ3) is 2.59. The number of amides is 2. The largest absolute Gasteiger partial charge is 0.439 e.